The van der Waals surface area contributed by atoms with E-state index in [0.717, 1.165) is 6.92 Å². The topological polar surface area (TPSA) is 254 Å². The molecule has 0 aliphatic carbocycles. The average Bonchev–Trinajstić information content (AvgIpc) is 1.91. The number of nitrogens with zero attached hydrogens (tertiary/aromatic N) is 4. The maximum atomic E-state index is 14.8. The Bertz CT molecular complexity index is 2020. The van der Waals surface area contributed by atoms with Crippen LogP contribution in [0.15, 0.2) is 5.11 Å². The van der Waals surface area contributed by atoms with Crippen molar-refractivity contribution < 1.29 is 159 Å². The van der Waals surface area contributed by atoms with E-state index in [4.69, 9.17) is 34.0 Å². The van der Waals surface area contributed by atoms with E-state index in [1.54, 1.807) is 0 Å². The molecular formula is C45H64F20N6O15. The lowest BCUT2D eigenvalue weighted by atomic mass is 10.1. The highest BCUT2D eigenvalue weighted by Crippen LogP contribution is 2.41. The monoisotopic (exact) mass is 1310 g/mol. The smallest absolute Gasteiger partial charge is 0.379 e. The van der Waals surface area contributed by atoms with Crippen LogP contribution in [0.2, 0.25) is 0 Å². The highest BCUT2D eigenvalue weighted by molar-refractivity contribution is 5.87. The SMILES string of the molecule is CCC(F)(F)OC(COC(C(=O)CCCNC(=O)CCOCCOCCN(CCOCCOCCC(=O)NCCCC(=O)C(F)(OCC(OC(F)(F)CC(F)(F)F)C(F)(F)F)C(F)(F)F)C(=O)CCOCCOCCN=[N+]=[N-])C(F)(F)F)C(F)(F)F. The number of hydrogen-bond donors (Lipinski definition) is 2. The van der Waals surface area contributed by atoms with E-state index < -0.39 is 161 Å². The summed E-state index contributed by atoms with van der Waals surface area (Å²) in [5, 5.41) is 7.70. The molecule has 41 heteroatoms. The van der Waals surface area contributed by atoms with E-state index in [0.29, 0.717) is 0 Å². The number of azide groups is 1. The number of alkyl halides is 20. The number of nitrogens with one attached hydrogen (secondary N) is 2. The third kappa shape index (κ3) is 37.8. The largest absolute Gasteiger partial charge is 0.456 e. The van der Waals surface area contributed by atoms with Gasteiger partial charge in [0.05, 0.1) is 98.9 Å². The quantitative estimate of drug-likeness (QED) is 0.0193. The Kier molecular flexibility index (Phi) is 37.8. The van der Waals surface area contributed by atoms with Gasteiger partial charge in [-0.25, -0.2) is 0 Å². The van der Waals surface area contributed by atoms with E-state index in [2.05, 4.69) is 39.6 Å². The van der Waals surface area contributed by atoms with Crippen LogP contribution < -0.4 is 10.6 Å². The summed E-state index contributed by atoms with van der Waals surface area (Å²) in [6, 6.07) is 0. The molecule has 4 unspecified atom stereocenters. The molecule has 0 heterocycles. The molecule has 0 saturated carbocycles. The van der Waals surface area contributed by atoms with Crippen LogP contribution >= 0.6 is 0 Å². The molecule has 0 fully saturated rings. The number of halogens is 20. The maximum absolute atomic E-state index is 14.8. The zero-order valence-electron chi connectivity index (χ0n) is 45.5. The molecule has 0 aliphatic rings. The molecule has 0 aromatic carbocycles. The van der Waals surface area contributed by atoms with E-state index in [-0.39, 0.29) is 118 Å². The molecule has 0 spiro atoms. The predicted octanol–water partition coefficient (Wildman–Crippen LogP) is 7.96. The van der Waals surface area contributed by atoms with Crippen LogP contribution in [0.25, 0.3) is 10.4 Å². The summed E-state index contributed by atoms with van der Waals surface area (Å²) in [7, 11) is 0. The van der Waals surface area contributed by atoms with Gasteiger partial charge in [-0.3, -0.25) is 24.0 Å². The van der Waals surface area contributed by atoms with Gasteiger partial charge in [-0.2, -0.15) is 87.8 Å². The molecule has 0 rings (SSSR count). The third-order valence-corrected chi connectivity index (χ3v) is 10.4. The lowest BCUT2D eigenvalue weighted by molar-refractivity contribution is -0.371. The molecular weight excluding hydrogens is 1240 g/mol. The number of carbonyl (C=O) groups excluding carboxylic acids is 5. The fourth-order valence-corrected chi connectivity index (χ4v) is 6.14. The molecule has 4 atom stereocenters. The summed E-state index contributed by atoms with van der Waals surface area (Å²) >= 11 is 0. The van der Waals surface area contributed by atoms with Crippen molar-refractivity contribution in [2.24, 2.45) is 5.11 Å². The van der Waals surface area contributed by atoms with Crippen molar-refractivity contribution in [2.75, 3.05) is 125 Å². The van der Waals surface area contributed by atoms with Crippen molar-refractivity contribution in [1.82, 2.24) is 15.5 Å². The second-order valence-corrected chi connectivity index (χ2v) is 17.4. The van der Waals surface area contributed by atoms with Crippen LogP contribution in [0.1, 0.15) is 64.7 Å². The second-order valence-electron chi connectivity index (χ2n) is 17.4. The van der Waals surface area contributed by atoms with Crippen molar-refractivity contribution in [2.45, 2.75) is 132 Å². The predicted molar refractivity (Wildman–Crippen MR) is 248 cm³/mol. The third-order valence-electron chi connectivity index (χ3n) is 10.4. The number of rotatable bonds is 49. The van der Waals surface area contributed by atoms with Crippen molar-refractivity contribution in [3.05, 3.63) is 10.4 Å². The van der Waals surface area contributed by atoms with Crippen molar-refractivity contribution in [1.29, 1.82) is 0 Å². The Morgan fingerprint density at radius 3 is 1.38 bits per heavy atom. The minimum absolute atomic E-state index is 0.00183. The molecule has 2 N–H and O–H groups in total. The number of hydrogen-bond acceptors (Lipinski definition) is 16. The van der Waals surface area contributed by atoms with Gasteiger partial charge < -0.3 is 62.9 Å². The number of ketones is 2. The molecule has 3 amide bonds. The maximum Gasteiger partial charge on any atom is 0.456 e. The first-order chi connectivity index (χ1) is 39.7. The van der Waals surface area contributed by atoms with Crippen molar-refractivity contribution in [3.8, 4) is 0 Å². The Labute approximate surface area is 476 Å². The van der Waals surface area contributed by atoms with Gasteiger partial charge in [0.2, 0.25) is 29.6 Å². The number of ether oxygens (including phenoxy) is 10. The standard InChI is InChI=1S/C45H64F20N6O15/c1-2-39(49,50)85-32(42(54,55)56)27-83-37(44(60,61)62)30(72)5-3-10-67-34(74)7-15-77-22-25-81-19-13-71(36(76)9-17-79-21-24-80-18-12-69-70-66)14-20-82-26-23-78-16-8-35(75)68-11-4-6-31(73)41(53,45(63,64)65)84-28-33(43(57,58)59)86-40(51,52)29-38(46,47)48/h32-33,37H,2-29H2,1H3,(H,67,74)(H,68,75). The second kappa shape index (κ2) is 40.0. The first-order valence-electron chi connectivity index (χ1n) is 25.4. The Balaban J connectivity index is 4.89. The summed E-state index contributed by atoms with van der Waals surface area (Å²) in [5.74, 6) is -11.8. The van der Waals surface area contributed by atoms with Gasteiger partial charge in [-0.1, -0.05) is 12.0 Å². The molecule has 0 radical (unpaired) electrons. The van der Waals surface area contributed by atoms with Crippen molar-refractivity contribution >= 4 is 29.3 Å². The van der Waals surface area contributed by atoms with Gasteiger partial charge in [-0.05, 0) is 18.4 Å². The molecule has 21 nitrogen and oxygen atoms in total. The summed E-state index contributed by atoms with van der Waals surface area (Å²) < 4.78 is 311. The molecule has 0 bridgehead atoms. The number of carbonyl (C=O) groups is 5. The molecule has 0 saturated heterocycles. The molecule has 86 heavy (non-hydrogen) atoms. The molecule has 0 aliphatic heterocycles. The Morgan fingerprint density at radius 2 is 0.953 bits per heavy atom. The van der Waals surface area contributed by atoms with E-state index in [1.165, 1.54) is 4.90 Å². The Morgan fingerprint density at radius 1 is 0.523 bits per heavy atom. The van der Waals surface area contributed by atoms with Crippen LogP contribution in [0.5, 0.6) is 0 Å². The van der Waals surface area contributed by atoms with Crippen LogP contribution in [0.3, 0.4) is 0 Å². The van der Waals surface area contributed by atoms with Gasteiger partial charge in [0.1, 0.15) is 6.42 Å². The lowest BCUT2D eigenvalue weighted by Crippen LogP contribution is -2.53. The van der Waals surface area contributed by atoms with Crippen LogP contribution in [0.4, 0.5) is 87.8 Å². The zero-order chi connectivity index (χ0) is 65.9. The molecule has 0 aromatic rings. The summed E-state index contributed by atoms with van der Waals surface area (Å²) in [6.45, 7) is -5.69. The highest BCUT2D eigenvalue weighted by atomic mass is 19.4. The summed E-state index contributed by atoms with van der Waals surface area (Å²) in [6.07, 6.45) is -59.6. The first kappa shape index (κ1) is 81.3. The fourth-order valence-electron chi connectivity index (χ4n) is 6.14. The molecule has 0 aromatic heterocycles. The van der Waals surface area contributed by atoms with E-state index in [9.17, 15) is 112 Å². The fraction of sp³-hybridized carbons (Fsp3) is 0.889. The average molecular weight is 1310 g/mol. The van der Waals surface area contributed by atoms with E-state index >= 15 is 0 Å². The van der Waals surface area contributed by atoms with Crippen molar-refractivity contribution in [3.63, 3.8) is 0 Å². The lowest BCUT2D eigenvalue weighted by Gasteiger charge is -2.31. The van der Waals surface area contributed by atoms with Crippen LogP contribution in [-0.4, -0.2) is 227 Å². The van der Waals surface area contributed by atoms with E-state index in [1.807, 2.05) is 0 Å². The molecule has 504 valence electrons. The van der Waals surface area contributed by atoms with Crippen LogP contribution in [0, 0.1) is 0 Å². The number of Topliss-reactive ketones (excluding diaryl/α,β-unsaturated/α-hetero) is 2. The minimum atomic E-state index is -6.43. The summed E-state index contributed by atoms with van der Waals surface area (Å²) in [4.78, 5) is 65.5. The van der Waals surface area contributed by atoms with Gasteiger partial charge in [0, 0.05) is 69.7 Å². The van der Waals surface area contributed by atoms with Gasteiger partial charge in [0.15, 0.2) is 18.0 Å². The zero-order valence-corrected chi connectivity index (χ0v) is 45.5. The van der Waals surface area contributed by atoms with Gasteiger partial charge >= 0.3 is 49.0 Å². The Hall–Kier alpha value is -4.74. The van der Waals surface area contributed by atoms with Crippen LogP contribution in [-0.2, 0) is 71.3 Å². The first-order valence-corrected chi connectivity index (χ1v) is 25.4. The minimum Gasteiger partial charge on any atom is -0.379 e. The van der Waals surface area contributed by atoms with Gasteiger partial charge in [-0.15, -0.1) is 0 Å². The van der Waals surface area contributed by atoms with Gasteiger partial charge in [0.25, 0.3) is 0 Å². The number of amides is 3. The normalized spacial score (nSPS) is 14.7. The highest BCUT2D eigenvalue weighted by Gasteiger charge is 2.64. The summed E-state index contributed by atoms with van der Waals surface area (Å²) in [5.41, 5.74) is 8.29.